The first-order valence-electron chi connectivity index (χ1n) is 8.44. The third-order valence-electron chi connectivity index (χ3n) is 5.48. The first kappa shape index (κ1) is 14.9. The standard InChI is InChI=1S/C18H22ClNOS/c19-13-8-9-17(21)20-14-6-2-3-7-15(14)22-18(16(20)12-13)10-4-1-5-11-18/h2-3,6-7,13,16H,1,4-5,8-12H2/t13-,16+/m1/s1. The van der Waals surface area contributed by atoms with Gasteiger partial charge in [0, 0.05) is 21.4 Å². The van der Waals surface area contributed by atoms with Crippen molar-refractivity contribution in [2.75, 3.05) is 4.90 Å². The minimum atomic E-state index is 0.128. The van der Waals surface area contributed by atoms with Crippen molar-refractivity contribution in [3.05, 3.63) is 24.3 Å². The molecule has 0 N–H and O–H groups in total. The molecule has 1 spiro atoms. The van der Waals surface area contributed by atoms with Crippen LogP contribution in [0.25, 0.3) is 0 Å². The van der Waals surface area contributed by atoms with Crippen LogP contribution in [-0.2, 0) is 4.79 Å². The van der Waals surface area contributed by atoms with Crippen LogP contribution in [0.15, 0.2) is 29.2 Å². The number of amides is 1. The number of carbonyl (C=O) groups excluding carboxylic acids is 1. The zero-order valence-electron chi connectivity index (χ0n) is 12.8. The normalized spacial score (nSPS) is 30.6. The number of benzene rings is 1. The number of carbonyl (C=O) groups is 1. The molecule has 1 saturated carbocycles. The second-order valence-electron chi connectivity index (χ2n) is 6.85. The second-order valence-corrected chi connectivity index (χ2v) is 8.92. The Kier molecular flexibility index (Phi) is 3.90. The van der Waals surface area contributed by atoms with Crippen molar-refractivity contribution < 1.29 is 4.79 Å². The number of anilines is 1. The predicted octanol–water partition coefficient (Wildman–Crippen LogP) is 4.99. The Bertz CT molecular complexity index is 584. The van der Waals surface area contributed by atoms with Crippen molar-refractivity contribution in [2.45, 2.75) is 72.4 Å². The second kappa shape index (κ2) is 5.76. The molecule has 2 nitrogen and oxygen atoms in total. The first-order valence-corrected chi connectivity index (χ1v) is 9.69. The van der Waals surface area contributed by atoms with Gasteiger partial charge < -0.3 is 4.90 Å². The fourth-order valence-electron chi connectivity index (χ4n) is 4.41. The smallest absolute Gasteiger partial charge is 0.227 e. The molecule has 1 amide bonds. The van der Waals surface area contributed by atoms with Crippen LogP contribution in [0.4, 0.5) is 5.69 Å². The summed E-state index contributed by atoms with van der Waals surface area (Å²) in [6, 6.07) is 8.70. The number of rotatable bonds is 0. The van der Waals surface area contributed by atoms with E-state index in [1.807, 2.05) is 17.8 Å². The molecular formula is C18H22ClNOS. The molecule has 4 heteroatoms. The number of hydrogen-bond acceptors (Lipinski definition) is 2. The summed E-state index contributed by atoms with van der Waals surface area (Å²) in [4.78, 5) is 16.2. The van der Waals surface area contributed by atoms with E-state index >= 15 is 0 Å². The summed E-state index contributed by atoms with van der Waals surface area (Å²) in [5.74, 6) is 0.269. The van der Waals surface area contributed by atoms with Crippen LogP contribution >= 0.6 is 23.4 Å². The highest BCUT2D eigenvalue weighted by Gasteiger charge is 2.50. The first-order chi connectivity index (χ1) is 10.7. The number of fused-ring (bicyclic) bond motifs is 4. The van der Waals surface area contributed by atoms with Crippen LogP contribution in [0.1, 0.15) is 51.4 Å². The number of thioether (sulfide) groups is 1. The highest BCUT2D eigenvalue weighted by Crippen LogP contribution is 2.56. The Morgan fingerprint density at radius 1 is 1.18 bits per heavy atom. The van der Waals surface area contributed by atoms with Crippen molar-refractivity contribution in [3.8, 4) is 0 Å². The molecule has 2 heterocycles. The third-order valence-corrected chi connectivity index (χ3v) is 7.52. The van der Waals surface area contributed by atoms with Crippen LogP contribution in [0.2, 0.25) is 0 Å². The lowest BCUT2D eigenvalue weighted by Gasteiger charge is -2.51. The highest BCUT2D eigenvalue weighted by molar-refractivity contribution is 8.01. The number of nitrogens with zero attached hydrogens (tertiary/aromatic N) is 1. The predicted molar refractivity (Wildman–Crippen MR) is 92.9 cm³/mol. The van der Waals surface area contributed by atoms with Gasteiger partial charge in [-0.3, -0.25) is 4.79 Å². The highest BCUT2D eigenvalue weighted by atomic mass is 35.5. The average molecular weight is 336 g/mol. The SMILES string of the molecule is O=C1CC[C@@H](Cl)C[C@@H]2N1c1ccccc1SC21CCCCC1. The van der Waals surface area contributed by atoms with Crippen LogP contribution in [0.3, 0.4) is 0 Å². The van der Waals surface area contributed by atoms with Gasteiger partial charge in [0.15, 0.2) is 0 Å². The maximum atomic E-state index is 12.8. The van der Waals surface area contributed by atoms with Crippen LogP contribution < -0.4 is 4.90 Å². The zero-order chi connectivity index (χ0) is 15.2. The minimum absolute atomic E-state index is 0.128. The van der Waals surface area contributed by atoms with Gasteiger partial charge in [-0.1, -0.05) is 31.4 Å². The van der Waals surface area contributed by atoms with Crippen molar-refractivity contribution in [1.82, 2.24) is 0 Å². The summed E-state index contributed by atoms with van der Waals surface area (Å²) in [5.41, 5.74) is 1.12. The summed E-state index contributed by atoms with van der Waals surface area (Å²) in [7, 11) is 0. The van der Waals surface area contributed by atoms with E-state index in [-0.39, 0.29) is 22.1 Å². The molecule has 22 heavy (non-hydrogen) atoms. The van der Waals surface area contributed by atoms with Gasteiger partial charge in [0.25, 0.3) is 0 Å². The number of hydrogen-bond donors (Lipinski definition) is 0. The van der Waals surface area contributed by atoms with Gasteiger partial charge >= 0.3 is 0 Å². The molecule has 1 aromatic rings. The van der Waals surface area contributed by atoms with Crippen molar-refractivity contribution in [1.29, 1.82) is 0 Å². The number of halogens is 1. The number of alkyl halides is 1. The maximum Gasteiger partial charge on any atom is 0.227 e. The van der Waals surface area contributed by atoms with E-state index in [0.717, 1.165) is 18.5 Å². The molecule has 0 unspecified atom stereocenters. The van der Waals surface area contributed by atoms with E-state index in [9.17, 15) is 4.79 Å². The summed E-state index contributed by atoms with van der Waals surface area (Å²) in [6.45, 7) is 0. The third kappa shape index (κ3) is 2.37. The molecule has 118 valence electrons. The maximum absolute atomic E-state index is 12.8. The lowest BCUT2D eigenvalue weighted by atomic mass is 9.80. The van der Waals surface area contributed by atoms with Gasteiger partial charge in [-0.05, 0) is 37.8 Å². The molecule has 0 bridgehead atoms. The minimum Gasteiger partial charge on any atom is -0.307 e. The Labute approximate surface area is 141 Å². The molecule has 0 radical (unpaired) electrons. The topological polar surface area (TPSA) is 20.3 Å². The summed E-state index contributed by atoms with van der Waals surface area (Å²) in [5, 5.41) is 0.128. The van der Waals surface area contributed by atoms with E-state index in [4.69, 9.17) is 11.6 Å². The Morgan fingerprint density at radius 3 is 2.77 bits per heavy atom. The molecule has 1 aromatic carbocycles. The van der Waals surface area contributed by atoms with Gasteiger partial charge in [-0.15, -0.1) is 23.4 Å². The zero-order valence-corrected chi connectivity index (χ0v) is 14.3. The van der Waals surface area contributed by atoms with Crippen LogP contribution in [0.5, 0.6) is 0 Å². The van der Waals surface area contributed by atoms with Gasteiger partial charge in [0.2, 0.25) is 5.91 Å². The van der Waals surface area contributed by atoms with Crippen LogP contribution in [-0.4, -0.2) is 22.1 Å². The van der Waals surface area contributed by atoms with Gasteiger partial charge in [-0.2, -0.15) is 0 Å². The van der Waals surface area contributed by atoms with E-state index in [0.29, 0.717) is 6.42 Å². The monoisotopic (exact) mass is 335 g/mol. The Hall–Kier alpha value is -0.670. The molecule has 1 aliphatic carbocycles. The molecule has 2 fully saturated rings. The molecule has 2 aliphatic heterocycles. The Balaban J connectivity index is 1.84. The largest absolute Gasteiger partial charge is 0.307 e. The van der Waals surface area contributed by atoms with Crippen LogP contribution in [0, 0.1) is 0 Å². The molecular weight excluding hydrogens is 314 g/mol. The van der Waals surface area contributed by atoms with Crippen molar-refractivity contribution >= 4 is 35.0 Å². The summed E-state index contributed by atoms with van der Waals surface area (Å²) in [6.07, 6.45) is 8.65. The quantitative estimate of drug-likeness (QED) is 0.623. The van der Waals surface area contributed by atoms with E-state index < -0.39 is 0 Å². The van der Waals surface area contributed by atoms with Crippen molar-refractivity contribution in [3.63, 3.8) is 0 Å². The lowest BCUT2D eigenvalue weighted by Crippen LogP contribution is -2.56. The fraction of sp³-hybridized carbons (Fsp3) is 0.611. The molecule has 2 atom stereocenters. The van der Waals surface area contributed by atoms with E-state index in [2.05, 4.69) is 23.1 Å². The summed E-state index contributed by atoms with van der Waals surface area (Å²) < 4.78 is 0.180. The van der Waals surface area contributed by atoms with Gasteiger partial charge in [0.05, 0.1) is 11.7 Å². The Morgan fingerprint density at radius 2 is 1.95 bits per heavy atom. The molecule has 3 aliphatic rings. The number of para-hydroxylation sites is 1. The molecule has 0 aromatic heterocycles. The van der Waals surface area contributed by atoms with Crippen molar-refractivity contribution in [2.24, 2.45) is 0 Å². The lowest BCUT2D eigenvalue weighted by molar-refractivity contribution is -0.119. The van der Waals surface area contributed by atoms with E-state index in [1.54, 1.807) is 0 Å². The van der Waals surface area contributed by atoms with Gasteiger partial charge in [-0.25, -0.2) is 0 Å². The average Bonchev–Trinajstić information content (AvgIpc) is 2.69. The summed E-state index contributed by atoms with van der Waals surface area (Å²) >= 11 is 8.57. The van der Waals surface area contributed by atoms with E-state index in [1.165, 1.54) is 37.0 Å². The fourth-order valence-corrected chi connectivity index (χ4v) is 6.37. The molecule has 1 saturated heterocycles. The molecule has 4 rings (SSSR count). The van der Waals surface area contributed by atoms with Gasteiger partial charge in [0.1, 0.15) is 0 Å².